The summed E-state index contributed by atoms with van der Waals surface area (Å²) in [5.41, 5.74) is 1.53. The van der Waals surface area contributed by atoms with Gasteiger partial charge in [0.05, 0.1) is 26.9 Å². The maximum Gasteiger partial charge on any atom is 0.337 e. The summed E-state index contributed by atoms with van der Waals surface area (Å²) in [5, 5.41) is 10.3. The number of rotatable bonds is 11. The van der Waals surface area contributed by atoms with Crippen LogP contribution in [0.15, 0.2) is 42.5 Å². The van der Waals surface area contributed by atoms with E-state index in [1.807, 2.05) is 30.1 Å². The predicted octanol–water partition coefficient (Wildman–Crippen LogP) is 2.40. The minimum Gasteiger partial charge on any atom is -0.493 e. The Labute approximate surface area is 171 Å². The number of hydrogen-bond acceptors (Lipinski definition) is 7. The number of aliphatic hydroxyl groups excluding tert-OH is 1. The summed E-state index contributed by atoms with van der Waals surface area (Å²) < 4.78 is 20.9. The van der Waals surface area contributed by atoms with Crippen molar-refractivity contribution in [1.29, 1.82) is 0 Å². The zero-order chi connectivity index (χ0) is 21.2. The molecule has 0 aliphatic heterocycles. The first-order chi connectivity index (χ1) is 14.0. The van der Waals surface area contributed by atoms with Crippen LogP contribution in [0, 0.1) is 0 Å². The van der Waals surface area contributed by atoms with Crippen molar-refractivity contribution >= 4 is 5.97 Å². The molecule has 2 rings (SSSR count). The molecular weight excluding hydrogens is 374 g/mol. The van der Waals surface area contributed by atoms with E-state index in [4.69, 9.17) is 18.9 Å². The molecule has 0 amide bonds. The van der Waals surface area contributed by atoms with Crippen LogP contribution in [0.2, 0.25) is 0 Å². The van der Waals surface area contributed by atoms with E-state index >= 15 is 0 Å². The number of ether oxygens (including phenoxy) is 4. The normalized spacial score (nSPS) is 11.8. The Hall–Kier alpha value is -2.77. The minimum absolute atomic E-state index is 0.130. The van der Waals surface area contributed by atoms with E-state index in [0.717, 1.165) is 18.5 Å². The molecular formula is C22H29NO6. The molecule has 29 heavy (non-hydrogen) atoms. The van der Waals surface area contributed by atoms with E-state index in [0.29, 0.717) is 29.4 Å². The van der Waals surface area contributed by atoms with Gasteiger partial charge in [-0.25, -0.2) is 4.79 Å². The number of methoxy groups -OCH3 is 3. The molecule has 0 bridgehead atoms. The third kappa shape index (κ3) is 6.96. The van der Waals surface area contributed by atoms with E-state index in [1.165, 1.54) is 7.11 Å². The molecule has 1 atom stereocenters. The Balaban J connectivity index is 1.79. The average molecular weight is 403 g/mol. The van der Waals surface area contributed by atoms with Crippen LogP contribution in [0.3, 0.4) is 0 Å². The van der Waals surface area contributed by atoms with Crippen LogP contribution >= 0.6 is 0 Å². The van der Waals surface area contributed by atoms with Gasteiger partial charge < -0.3 is 29.0 Å². The standard InChI is InChI=1S/C22H29NO6/c1-23(11-10-16-8-9-20(26-2)21(12-16)27-3)14-18(24)15-29-19-7-5-6-17(13-19)22(25)28-4/h5-9,12-13,18,24H,10-11,14-15H2,1-4H3/t18-/m1/s1. The summed E-state index contributed by atoms with van der Waals surface area (Å²) in [6, 6.07) is 12.5. The highest BCUT2D eigenvalue weighted by atomic mass is 16.5. The summed E-state index contributed by atoms with van der Waals surface area (Å²) >= 11 is 0. The number of likely N-dealkylation sites (N-methyl/N-ethyl adjacent to an activating group) is 1. The average Bonchev–Trinajstić information content (AvgIpc) is 2.75. The summed E-state index contributed by atoms with van der Waals surface area (Å²) in [6.07, 6.45) is 0.151. The van der Waals surface area contributed by atoms with Gasteiger partial charge in [-0.15, -0.1) is 0 Å². The first-order valence-corrected chi connectivity index (χ1v) is 9.35. The maximum absolute atomic E-state index is 11.6. The third-order valence-electron chi connectivity index (χ3n) is 4.45. The highest BCUT2D eigenvalue weighted by Gasteiger charge is 2.12. The van der Waals surface area contributed by atoms with E-state index < -0.39 is 12.1 Å². The lowest BCUT2D eigenvalue weighted by atomic mass is 10.1. The van der Waals surface area contributed by atoms with Gasteiger partial charge in [0.15, 0.2) is 11.5 Å². The van der Waals surface area contributed by atoms with Crippen molar-refractivity contribution in [1.82, 2.24) is 4.90 Å². The number of hydrogen-bond donors (Lipinski definition) is 1. The Bertz CT molecular complexity index is 795. The van der Waals surface area contributed by atoms with Gasteiger partial charge in [0.1, 0.15) is 18.5 Å². The molecule has 158 valence electrons. The monoisotopic (exact) mass is 403 g/mol. The number of esters is 1. The van der Waals surface area contributed by atoms with Crippen molar-refractivity contribution in [3.63, 3.8) is 0 Å². The van der Waals surface area contributed by atoms with Crippen molar-refractivity contribution in [2.24, 2.45) is 0 Å². The van der Waals surface area contributed by atoms with Crippen LogP contribution in [0.4, 0.5) is 0 Å². The zero-order valence-electron chi connectivity index (χ0n) is 17.4. The smallest absolute Gasteiger partial charge is 0.337 e. The maximum atomic E-state index is 11.6. The molecule has 0 saturated carbocycles. The van der Waals surface area contributed by atoms with Crippen molar-refractivity contribution in [2.45, 2.75) is 12.5 Å². The highest BCUT2D eigenvalue weighted by Crippen LogP contribution is 2.27. The number of carbonyl (C=O) groups excluding carboxylic acids is 1. The first-order valence-electron chi connectivity index (χ1n) is 9.35. The summed E-state index contributed by atoms with van der Waals surface area (Å²) in [5.74, 6) is 1.49. The Morgan fingerprint density at radius 2 is 1.83 bits per heavy atom. The Morgan fingerprint density at radius 3 is 2.52 bits per heavy atom. The molecule has 2 aromatic rings. The fourth-order valence-corrected chi connectivity index (χ4v) is 2.88. The lowest BCUT2D eigenvalue weighted by molar-refractivity contribution is 0.0599. The highest BCUT2D eigenvalue weighted by molar-refractivity contribution is 5.89. The van der Waals surface area contributed by atoms with Crippen molar-refractivity contribution in [2.75, 3.05) is 48.1 Å². The second-order valence-corrected chi connectivity index (χ2v) is 6.69. The van der Waals surface area contributed by atoms with Gasteiger partial charge in [-0.1, -0.05) is 12.1 Å². The number of carbonyl (C=O) groups is 1. The summed E-state index contributed by atoms with van der Waals surface area (Å²) in [7, 11) is 6.50. The number of nitrogens with zero attached hydrogens (tertiary/aromatic N) is 1. The number of aliphatic hydroxyl groups is 1. The molecule has 1 N–H and O–H groups in total. The first kappa shape index (κ1) is 22.5. The molecule has 0 aromatic heterocycles. The van der Waals surface area contributed by atoms with E-state index in [2.05, 4.69) is 0 Å². The Kier molecular flexibility index (Phi) is 8.76. The topological polar surface area (TPSA) is 77.5 Å². The SMILES string of the molecule is COC(=O)c1cccc(OC[C@H](O)CN(C)CCc2ccc(OC)c(OC)c2)c1. The predicted molar refractivity (Wildman–Crippen MR) is 110 cm³/mol. The molecule has 0 unspecified atom stereocenters. The third-order valence-corrected chi connectivity index (χ3v) is 4.45. The second-order valence-electron chi connectivity index (χ2n) is 6.69. The van der Waals surface area contributed by atoms with Crippen molar-refractivity contribution in [3.05, 3.63) is 53.6 Å². The van der Waals surface area contributed by atoms with Gasteiger partial charge in [0, 0.05) is 13.1 Å². The minimum atomic E-state index is -0.660. The van der Waals surface area contributed by atoms with Crippen molar-refractivity contribution in [3.8, 4) is 17.2 Å². The van der Waals surface area contributed by atoms with Crippen LogP contribution in [0.1, 0.15) is 15.9 Å². The lowest BCUT2D eigenvalue weighted by Crippen LogP contribution is -2.34. The molecule has 0 aliphatic rings. The van der Waals surface area contributed by atoms with Gasteiger partial charge in [0.25, 0.3) is 0 Å². The van der Waals surface area contributed by atoms with Crippen LogP contribution in [0.5, 0.6) is 17.2 Å². The largest absolute Gasteiger partial charge is 0.493 e. The van der Waals surface area contributed by atoms with Gasteiger partial charge in [-0.2, -0.15) is 0 Å². The lowest BCUT2D eigenvalue weighted by Gasteiger charge is -2.21. The van der Waals surface area contributed by atoms with Crippen LogP contribution in [-0.2, 0) is 11.2 Å². The van der Waals surface area contributed by atoms with Crippen LogP contribution in [-0.4, -0.2) is 70.2 Å². The molecule has 0 aliphatic carbocycles. The second kappa shape index (κ2) is 11.3. The van der Waals surface area contributed by atoms with Crippen LogP contribution in [0.25, 0.3) is 0 Å². The molecule has 0 fully saturated rings. The molecule has 0 heterocycles. The van der Waals surface area contributed by atoms with Gasteiger partial charge in [-0.3, -0.25) is 0 Å². The van der Waals surface area contributed by atoms with Gasteiger partial charge >= 0.3 is 5.97 Å². The van der Waals surface area contributed by atoms with E-state index in [9.17, 15) is 9.90 Å². The Morgan fingerprint density at radius 1 is 1.07 bits per heavy atom. The molecule has 7 heteroatoms. The van der Waals surface area contributed by atoms with Gasteiger partial charge in [0.2, 0.25) is 0 Å². The molecule has 0 saturated heterocycles. The van der Waals surface area contributed by atoms with Crippen LogP contribution < -0.4 is 14.2 Å². The fraction of sp³-hybridized carbons (Fsp3) is 0.409. The van der Waals surface area contributed by atoms with E-state index in [-0.39, 0.29) is 6.61 Å². The quantitative estimate of drug-likeness (QED) is 0.577. The molecule has 2 aromatic carbocycles. The fourth-order valence-electron chi connectivity index (χ4n) is 2.88. The van der Waals surface area contributed by atoms with Crippen molar-refractivity contribution < 1.29 is 28.8 Å². The molecule has 7 nitrogen and oxygen atoms in total. The van der Waals surface area contributed by atoms with E-state index in [1.54, 1.807) is 38.5 Å². The zero-order valence-corrected chi connectivity index (χ0v) is 17.4. The van der Waals surface area contributed by atoms with Gasteiger partial charge in [-0.05, 0) is 49.4 Å². The molecule has 0 radical (unpaired) electrons. The summed E-state index contributed by atoms with van der Waals surface area (Å²) in [4.78, 5) is 13.6. The number of benzene rings is 2. The molecule has 0 spiro atoms. The summed E-state index contributed by atoms with van der Waals surface area (Å²) in [6.45, 7) is 1.36.